The summed E-state index contributed by atoms with van der Waals surface area (Å²) in [6.45, 7) is 6.30. The number of pyridine rings is 1. The fraction of sp³-hybridized carbons (Fsp3) is 0.350. The van der Waals surface area contributed by atoms with Gasteiger partial charge in [0, 0.05) is 24.0 Å². The molecule has 4 nitrogen and oxygen atoms in total. The molecule has 1 aromatic carbocycles. The molecule has 2 aromatic heterocycles. The normalized spacial score (nSPS) is 11.5. The third-order valence-electron chi connectivity index (χ3n) is 4.34. The number of aryl methyl sites for hydroxylation is 1. The summed E-state index contributed by atoms with van der Waals surface area (Å²) in [6.07, 6.45) is 4.58. The zero-order valence-electron chi connectivity index (χ0n) is 14.8. The minimum absolute atomic E-state index is 0.769. The summed E-state index contributed by atoms with van der Waals surface area (Å²) in [4.78, 5) is 7.25. The lowest BCUT2D eigenvalue weighted by atomic mass is 10.1. The first-order valence-electron chi connectivity index (χ1n) is 8.60. The van der Waals surface area contributed by atoms with Crippen molar-refractivity contribution in [2.45, 2.75) is 33.2 Å². The SMILES string of the molecule is CCCCN(C)Cc1c(-c2cccc(N)c2)nc2ccc(C)cn12. The molecular weight excluding hydrogens is 296 g/mol. The van der Waals surface area contributed by atoms with Crippen LogP contribution in [-0.4, -0.2) is 27.9 Å². The van der Waals surface area contributed by atoms with Crippen molar-refractivity contribution in [1.82, 2.24) is 14.3 Å². The largest absolute Gasteiger partial charge is 0.399 e. The minimum Gasteiger partial charge on any atom is -0.399 e. The Morgan fingerprint density at radius 3 is 2.79 bits per heavy atom. The molecule has 2 heterocycles. The molecule has 0 saturated heterocycles. The number of benzene rings is 1. The first-order valence-corrected chi connectivity index (χ1v) is 8.60. The maximum Gasteiger partial charge on any atom is 0.137 e. The standard InChI is InChI=1S/C20H26N4/c1-4-5-11-23(3)14-18-20(16-7-6-8-17(21)12-16)22-19-10-9-15(2)13-24(18)19/h6-10,12-13H,4-5,11,14,21H2,1-3H3. The Hall–Kier alpha value is -2.33. The molecule has 0 amide bonds. The Bertz CT molecular complexity index is 835. The van der Waals surface area contributed by atoms with Gasteiger partial charge in [-0.2, -0.15) is 0 Å². The zero-order valence-corrected chi connectivity index (χ0v) is 14.8. The van der Waals surface area contributed by atoms with Crippen molar-refractivity contribution >= 4 is 11.3 Å². The monoisotopic (exact) mass is 322 g/mol. The van der Waals surface area contributed by atoms with Crippen LogP contribution >= 0.6 is 0 Å². The summed E-state index contributed by atoms with van der Waals surface area (Å²) in [5.74, 6) is 0. The number of nitrogens with zero attached hydrogens (tertiary/aromatic N) is 3. The molecular formula is C20H26N4. The Labute approximate surface area is 143 Å². The molecule has 126 valence electrons. The van der Waals surface area contributed by atoms with Gasteiger partial charge in [-0.05, 0) is 50.7 Å². The van der Waals surface area contributed by atoms with E-state index in [1.807, 2.05) is 18.2 Å². The van der Waals surface area contributed by atoms with Crippen molar-refractivity contribution in [3.63, 3.8) is 0 Å². The average molecular weight is 322 g/mol. The van der Waals surface area contributed by atoms with E-state index in [4.69, 9.17) is 10.7 Å². The van der Waals surface area contributed by atoms with E-state index in [1.165, 1.54) is 24.1 Å². The summed E-state index contributed by atoms with van der Waals surface area (Å²) in [7, 11) is 2.17. The predicted molar refractivity (Wildman–Crippen MR) is 101 cm³/mol. The van der Waals surface area contributed by atoms with Crippen LogP contribution in [-0.2, 0) is 6.54 Å². The number of aromatic nitrogens is 2. The van der Waals surface area contributed by atoms with Gasteiger partial charge in [-0.25, -0.2) is 4.98 Å². The first kappa shape index (κ1) is 16.5. The van der Waals surface area contributed by atoms with Gasteiger partial charge >= 0.3 is 0 Å². The highest BCUT2D eigenvalue weighted by Crippen LogP contribution is 2.27. The van der Waals surface area contributed by atoms with Crippen molar-refractivity contribution < 1.29 is 0 Å². The lowest BCUT2D eigenvalue weighted by Gasteiger charge is -2.17. The molecule has 0 aliphatic rings. The second kappa shape index (κ2) is 7.05. The first-order chi connectivity index (χ1) is 11.6. The molecule has 4 heteroatoms. The number of hydrogen-bond acceptors (Lipinski definition) is 3. The van der Waals surface area contributed by atoms with Crippen molar-refractivity contribution in [2.75, 3.05) is 19.3 Å². The smallest absolute Gasteiger partial charge is 0.137 e. The molecule has 0 saturated carbocycles. The highest BCUT2D eigenvalue weighted by Gasteiger charge is 2.16. The van der Waals surface area contributed by atoms with Crippen LogP contribution in [0.2, 0.25) is 0 Å². The lowest BCUT2D eigenvalue weighted by Crippen LogP contribution is -2.20. The summed E-state index contributed by atoms with van der Waals surface area (Å²) in [5.41, 5.74) is 12.3. The number of rotatable bonds is 6. The van der Waals surface area contributed by atoms with Crippen molar-refractivity contribution in [3.8, 4) is 11.3 Å². The van der Waals surface area contributed by atoms with Crippen LogP contribution in [0.3, 0.4) is 0 Å². The quantitative estimate of drug-likeness (QED) is 0.694. The second-order valence-corrected chi connectivity index (χ2v) is 6.56. The van der Waals surface area contributed by atoms with Crippen LogP contribution in [0.25, 0.3) is 16.9 Å². The van der Waals surface area contributed by atoms with Crippen molar-refractivity contribution in [2.24, 2.45) is 0 Å². The molecule has 3 rings (SSSR count). The Balaban J connectivity index is 2.08. The molecule has 24 heavy (non-hydrogen) atoms. The molecule has 0 unspecified atom stereocenters. The van der Waals surface area contributed by atoms with Crippen LogP contribution in [0.5, 0.6) is 0 Å². The molecule has 3 aromatic rings. The third-order valence-corrected chi connectivity index (χ3v) is 4.34. The molecule has 0 atom stereocenters. The highest BCUT2D eigenvalue weighted by molar-refractivity contribution is 5.69. The van der Waals surface area contributed by atoms with Gasteiger partial charge in [0.25, 0.3) is 0 Å². The van der Waals surface area contributed by atoms with Crippen molar-refractivity contribution in [1.29, 1.82) is 0 Å². The molecule has 0 fully saturated rings. The van der Waals surface area contributed by atoms with Gasteiger partial charge in [0.05, 0.1) is 11.4 Å². The maximum absolute atomic E-state index is 5.99. The molecule has 0 aliphatic carbocycles. The van der Waals surface area contributed by atoms with Gasteiger partial charge in [0.15, 0.2) is 0 Å². The van der Waals surface area contributed by atoms with Gasteiger partial charge in [0.1, 0.15) is 5.65 Å². The number of hydrogen-bond donors (Lipinski definition) is 1. The van der Waals surface area contributed by atoms with Crippen LogP contribution in [0.15, 0.2) is 42.6 Å². The minimum atomic E-state index is 0.769. The van der Waals surface area contributed by atoms with E-state index in [9.17, 15) is 0 Å². The highest BCUT2D eigenvalue weighted by atomic mass is 15.1. The molecule has 0 bridgehead atoms. The number of fused-ring (bicyclic) bond motifs is 1. The fourth-order valence-electron chi connectivity index (χ4n) is 3.03. The van der Waals surface area contributed by atoms with E-state index in [2.05, 4.69) is 54.6 Å². The predicted octanol–water partition coefficient (Wildman–Crippen LogP) is 4.12. The van der Waals surface area contributed by atoms with E-state index in [0.717, 1.165) is 35.7 Å². The molecule has 0 aliphatic heterocycles. The summed E-state index contributed by atoms with van der Waals surface area (Å²) < 4.78 is 2.22. The number of nitrogens with two attached hydrogens (primary N) is 1. The van der Waals surface area contributed by atoms with E-state index < -0.39 is 0 Å². The van der Waals surface area contributed by atoms with E-state index in [-0.39, 0.29) is 0 Å². The Kier molecular flexibility index (Phi) is 4.86. The Morgan fingerprint density at radius 1 is 1.21 bits per heavy atom. The van der Waals surface area contributed by atoms with Crippen LogP contribution in [0.1, 0.15) is 31.0 Å². The van der Waals surface area contributed by atoms with E-state index in [0.29, 0.717) is 0 Å². The van der Waals surface area contributed by atoms with Gasteiger partial charge in [-0.15, -0.1) is 0 Å². The van der Waals surface area contributed by atoms with E-state index >= 15 is 0 Å². The summed E-state index contributed by atoms with van der Waals surface area (Å²) in [5, 5.41) is 0. The number of unbranched alkanes of at least 4 members (excludes halogenated alkanes) is 1. The summed E-state index contributed by atoms with van der Waals surface area (Å²) in [6, 6.07) is 12.2. The maximum atomic E-state index is 5.99. The topological polar surface area (TPSA) is 46.6 Å². The van der Waals surface area contributed by atoms with Crippen LogP contribution < -0.4 is 5.73 Å². The number of imidazole rings is 1. The van der Waals surface area contributed by atoms with Gasteiger partial charge in [-0.3, -0.25) is 0 Å². The van der Waals surface area contributed by atoms with Gasteiger partial charge < -0.3 is 15.0 Å². The molecule has 0 spiro atoms. The van der Waals surface area contributed by atoms with Crippen LogP contribution in [0.4, 0.5) is 5.69 Å². The lowest BCUT2D eigenvalue weighted by molar-refractivity contribution is 0.316. The third kappa shape index (κ3) is 3.44. The molecule has 0 radical (unpaired) electrons. The van der Waals surface area contributed by atoms with Crippen molar-refractivity contribution in [3.05, 3.63) is 53.9 Å². The average Bonchev–Trinajstić information content (AvgIpc) is 2.91. The number of anilines is 1. The summed E-state index contributed by atoms with van der Waals surface area (Å²) >= 11 is 0. The van der Waals surface area contributed by atoms with Crippen LogP contribution in [0, 0.1) is 6.92 Å². The van der Waals surface area contributed by atoms with Gasteiger partial charge in [0.2, 0.25) is 0 Å². The zero-order chi connectivity index (χ0) is 17.1. The number of nitrogen functional groups attached to an aromatic ring is 1. The van der Waals surface area contributed by atoms with E-state index in [1.54, 1.807) is 0 Å². The Morgan fingerprint density at radius 2 is 2.04 bits per heavy atom. The second-order valence-electron chi connectivity index (χ2n) is 6.56. The van der Waals surface area contributed by atoms with Gasteiger partial charge in [-0.1, -0.05) is 31.5 Å². The fourth-order valence-corrected chi connectivity index (χ4v) is 3.03. The molecule has 2 N–H and O–H groups in total.